The Kier molecular flexibility index (Phi) is 5.07. The summed E-state index contributed by atoms with van der Waals surface area (Å²) in [6.45, 7) is 1.34. The number of rotatable bonds is 6. The molecule has 0 aliphatic heterocycles. The first kappa shape index (κ1) is 16.4. The van der Waals surface area contributed by atoms with Gasteiger partial charge in [-0.05, 0) is 26.2 Å². The van der Waals surface area contributed by atoms with Crippen molar-refractivity contribution in [2.24, 2.45) is 0 Å². The number of sulfone groups is 1. The van der Waals surface area contributed by atoms with Crippen molar-refractivity contribution in [3.05, 3.63) is 28.3 Å². The van der Waals surface area contributed by atoms with Gasteiger partial charge < -0.3 is 9.80 Å². The first-order valence-corrected chi connectivity index (χ1v) is 7.86. The van der Waals surface area contributed by atoms with Crippen molar-refractivity contribution >= 4 is 21.2 Å². The van der Waals surface area contributed by atoms with Gasteiger partial charge in [-0.15, -0.1) is 0 Å². The van der Waals surface area contributed by atoms with Crippen LogP contribution in [0.3, 0.4) is 0 Å². The van der Waals surface area contributed by atoms with Gasteiger partial charge in [-0.25, -0.2) is 8.42 Å². The summed E-state index contributed by atoms with van der Waals surface area (Å²) in [5.74, 6) is 0. The summed E-state index contributed by atoms with van der Waals surface area (Å²) in [5.41, 5.74) is 0.207. The van der Waals surface area contributed by atoms with Gasteiger partial charge in [0.2, 0.25) is 0 Å². The molecule has 1 aromatic rings. The second kappa shape index (κ2) is 6.19. The fourth-order valence-corrected chi connectivity index (χ4v) is 2.31. The molecular formula is C12H19N3O4S. The number of benzene rings is 1. The molecule has 1 rings (SSSR count). The third-order valence-electron chi connectivity index (χ3n) is 2.87. The van der Waals surface area contributed by atoms with Gasteiger partial charge in [0.25, 0.3) is 5.69 Å². The highest BCUT2D eigenvalue weighted by molar-refractivity contribution is 7.90. The van der Waals surface area contributed by atoms with Gasteiger partial charge in [0.1, 0.15) is 5.69 Å². The molecule has 0 unspecified atom stereocenters. The molecular weight excluding hydrogens is 282 g/mol. The Hall–Kier alpha value is -1.67. The molecule has 0 aromatic heterocycles. The Balaban J connectivity index is 3.17. The summed E-state index contributed by atoms with van der Waals surface area (Å²) in [7, 11) is 2.11. The highest BCUT2D eigenvalue weighted by Gasteiger charge is 2.20. The maximum Gasteiger partial charge on any atom is 0.293 e. The molecule has 0 amide bonds. The Morgan fingerprint density at radius 3 is 2.25 bits per heavy atom. The standard InChI is InChI=1S/C12H19N3O4S/c1-13(2)7-8-14(3)11-6-5-10(20(4,18)19)9-12(11)15(16)17/h5-6,9H,7-8H2,1-4H3. The first-order valence-electron chi connectivity index (χ1n) is 5.97. The molecule has 0 spiro atoms. The number of nitrogens with zero attached hydrogens (tertiary/aromatic N) is 3. The fourth-order valence-electron chi connectivity index (χ4n) is 1.67. The molecule has 0 radical (unpaired) electrons. The molecule has 1 aromatic carbocycles. The molecule has 0 aliphatic carbocycles. The van der Waals surface area contributed by atoms with E-state index in [0.29, 0.717) is 12.2 Å². The molecule has 112 valence electrons. The Morgan fingerprint density at radius 2 is 1.80 bits per heavy atom. The lowest BCUT2D eigenvalue weighted by Gasteiger charge is -2.21. The topological polar surface area (TPSA) is 83.8 Å². The normalized spacial score (nSPS) is 11.7. The van der Waals surface area contributed by atoms with Crippen LogP contribution >= 0.6 is 0 Å². The zero-order chi connectivity index (χ0) is 15.5. The molecule has 0 atom stereocenters. The van der Waals surface area contributed by atoms with E-state index in [2.05, 4.69) is 0 Å². The van der Waals surface area contributed by atoms with Crippen LogP contribution in [0, 0.1) is 10.1 Å². The van der Waals surface area contributed by atoms with Crippen LogP contribution in [0.25, 0.3) is 0 Å². The van der Waals surface area contributed by atoms with E-state index >= 15 is 0 Å². The van der Waals surface area contributed by atoms with E-state index in [1.807, 2.05) is 19.0 Å². The van der Waals surface area contributed by atoms with Crippen LogP contribution in [0.2, 0.25) is 0 Å². The summed E-state index contributed by atoms with van der Waals surface area (Å²) in [6, 6.07) is 3.98. The highest BCUT2D eigenvalue weighted by Crippen LogP contribution is 2.29. The number of likely N-dealkylation sites (N-methyl/N-ethyl adjacent to an activating group) is 2. The minimum Gasteiger partial charge on any atom is -0.368 e. The highest BCUT2D eigenvalue weighted by atomic mass is 32.2. The van der Waals surface area contributed by atoms with Gasteiger partial charge in [0.05, 0.1) is 9.82 Å². The second-order valence-electron chi connectivity index (χ2n) is 4.90. The average Bonchev–Trinajstić information content (AvgIpc) is 2.33. The van der Waals surface area contributed by atoms with Crippen molar-refractivity contribution in [1.82, 2.24) is 4.90 Å². The third-order valence-corrected chi connectivity index (χ3v) is 3.98. The molecule has 0 saturated carbocycles. The lowest BCUT2D eigenvalue weighted by atomic mass is 10.2. The summed E-state index contributed by atoms with van der Waals surface area (Å²) in [4.78, 5) is 14.2. The molecule has 20 heavy (non-hydrogen) atoms. The van der Waals surface area contributed by atoms with Crippen molar-refractivity contribution < 1.29 is 13.3 Å². The van der Waals surface area contributed by atoms with Gasteiger partial charge in [0.15, 0.2) is 9.84 Å². The molecule has 0 bridgehead atoms. The second-order valence-corrected chi connectivity index (χ2v) is 6.92. The molecule has 0 aliphatic rings. The minimum atomic E-state index is -3.46. The SMILES string of the molecule is CN(C)CCN(C)c1ccc(S(C)(=O)=O)cc1[N+](=O)[O-]. The number of nitro groups is 1. The van der Waals surface area contributed by atoms with E-state index in [1.54, 1.807) is 11.9 Å². The van der Waals surface area contributed by atoms with Crippen LogP contribution in [0.15, 0.2) is 23.1 Å². The molecule has 0 N–H and O–H groups in total. The zero-order valence-corrected chi connectivity index (χ0v) is 12.8. The smallest absolute Gasteiger partial charge is 0.293 e. The van der Waals surface area contributed by atoms with Crippen molar-refractivity contribution in [2.45, 2.75) is 4.90 Å². The molecule has 8 heteroatoms. The van der Waals surface area contributed by atoms with Crippen LogP contribution in [0.5, 0.6) is 0 Å². The number of hydrogen-bond acceptors (Lipinski definition) is 6. The van der Waals surface area contributed by atoms with Crippen LogP contribution < -0.4 is 4.90 Å². The van der Waals surface area contributed by atoms with Gasteiger partial charge in [0, 0.05) is 32.5 Å². The van der Waals surface area contributed by atoms with Crippen LogP contribution in [-0.2, 0) is 9.84 Å². The monoisotopic (exact) mass is 301 g/mol. The van der Waals surface area contributed by atoms with E-state index in [9.17, 15) is 18.5 Å². The number of nitro benzene ring substituents is 1. The Morgan fingerprint density at radius 1 is 1.20 bits per heavy atom. The number of anilines is 1. The van der Waals surface area contributed by atoms with Gasteiger partial charge in [-0.3, -0.25) is 10.1 Å². The van der Waals surface area contributed by atoms with E-state index in [0.717, 1.165) is 18.9 Å². The lowest BCUT2D eigenvalue weighted by Crippen LogP contribution is -2.28. The summed E-state index contributed by atoms with van der Waals surface area (Å²) >= 11 is 0. The lowest BCUT2D eigenvalue weighted by molar-refractivity contribution is -0.384. The van der Waals surface area contributed by atoms with E-state index in [-0.39, 0.29) is 10.6 Å². The maximum absolute atomic E-state index is 11.5. The van der Waals surface area contributed by atoms with Gasteiger partial charge in [-0.2, -0.15) is 0 Å². The Bertz CT molecular complexity index is 599. The summed E-state index contributed by atoms with van der Waals surface area (Å²) in [5, 5.41) is 11.1. The summed E-state index contributed by atoms with van der Waals surface area (Å²) < 4.78 is 22.9. The number of hydrogen-bond donors (Lipinski definition) is 0. The van der Waals surface area contributed by atoms with Gasteiger partial charge >= 0.3 is 0 Å². The van der Waals surface area contributed by atoms with Crippen LogP contribution in [0.1, 0.15) is 0 Å². The van der Waals surface area contributed by atoms with Crippen LogP contribution in [0.4, 0.5) is 11.4 Å². The van der Waals surface area contributed by atoms with E-state index in [1.165, 1.54) is 12.1 Å². The Labute approximate surface area is 118 Å². The largest absolute Gasteiger partial charge is 0.368 e. The van der Waals surface area contributed by atoms with E-state index < -0.39 is 14.8 Å². The van der Waals surface area contributed by atoms with Crippen molar-refractivity contribution in [3.8, 4) is 0 Å². The molecule has 7 nitrogen and oxygen atoms in total. The van der Waals surface area contributed by atoms with Gasteiger partial charge in [-0.1, -0.05) is 0 Å². The van der Waals surface area contributed by atoms with Crippen molar-refractivity contribution in [2.75, 3.05) is 45.4 Å². The maximum atomic E-state index is 11.5. The van der Waals surface area contributed by atoms with Crippen molar-refractivity contribution in [3.63, 3.8) is 0 Å². The van der Waals surface area contributed by atoms with Crippen LogP contribution in [-0.4, -0.2) is 58.7 Å². The summed E-state index contributed by atoms with van der Waals surface area (Å²) in [6.07, 6.45) is 1.03. The molecule has 0 saturated heterocycles. The quantitative estimate of drug-likeness (QED) is 0.575. The predicted octanol–water partition coefficient (Wildman–Crippen LogP) is 0.996. The average molecular weight is 301 g/mol. The first-order chi connectivity index (χ1) is 9.12. The minimum absolute atomic E-state index is 0.0473. The molecule has 0 fully saturated rings. The predicted molar refractivity (Wildman–Crippen MR) is 78.0 cm³/mol. The third kappa shape index (κ3) is 4.17. The fraction of sp³-hybridized carbons (Fsp3) is 0.500. The molecule has 0 heterocycles. The zero-order valence-electron chi connectivity index (χ0n) is 12.0. The van der Waals surface area contributed by atoms with E-state index in [4.69, 9.17) is 0 Å². The van der Waals surface area contributed by atoms with Crippen molar-refractivity contribution in [1.29, 1.82) is 0 Å².